The molecule has 1 fully saturated rings. The van der Waals surface area contributed by atoms with Gasteiger partial charge in [-0.1, -0.05) is 78.1 Å². The second-order valence-electron chi connectivity index (χ2n) is 11.1. The van der Waals surface area contributed by atoms with Crippen molar-refractivity contribution in [1.29, 1.82) is 0 Å². The molecular weight excluding hydrogens is 568 g/mol. The maximum atomic E-state index is 14.5. The molecule has 1 saturated heterocycles. The van der Waals surface area contributed by atoms with Crippen LogP contribution in [0.5, 0.6) is 0 Å². The average Bonchev–Trinajstić information content (AvgIpc) is 3.17. The molecule has 2 atom stereocenters. The fraction of sp³-hybridized carbons (Fsp3) is 0.517. The Morgan fingerprint density at radius 1 is 0.756 bits per heavy atom. The van der Waals surface area contributed by atoms with Crippen LogP contribution in [0.25, 0.3) is 0 Å². The third-order valence-electron chi connectivity index (χ3n) is 9.00. The number of amides is 3. The van der Waals surface area contributed by atoms with Crippen LogP contribution in [-0.4, -0.2) is 49.3 Å². The minimum Gasteiger partial charge on any atom is -0.315 e. The smallest absolute Gasteiger partial charge is 0.315 e. The minimum absolute atomic E-state index is 0.160. The highest BCUT2D eigenvalue weighted by Gasteiger charge is 2.57. The fourth-order valence-electron chi connectivity index (χ4n) is 6.47. The number of hydrogen-bond acceptors (Lipinski definition) is 6. The lowest BCUT2D eigenvalue weighted by molar-refractivity contribution is -0.133. The predicted octanol–water partition coefficient (Wildman–Crippen LogP) is 5.39. The lowest BCUT2D eigenvalue weighted by atomic mass is 9.57. The molecule has 12 heteroatoms. The first-order valence-corrected chi connectivity index (χ1v) is 16.7. The van der Waals surface area contributed by atoms with Crippen LogP contribution in [0.15, 0.2) is 58.3 Å². The van der Waals surface area contributed by atoms with Crippen molar-refractivity contribution in [1.82, 2.24) is 10.2 Å². The molecule has 3 amide bonds. The minimum atomic E-state index is -4.52. The topological polar surface area (TPSA) is 158 Å². The van der Waals surface area contributed by atoms with Crippen molar-refractivity contribution < 1.29 is 35.5 Å². The summed E-state index contributed by atoms with van der Waals surface area (Å²) >= 11 is 0. The Hall–Kier alpha value is -2.80. The molecule has 2 aromatic carbocycles. The zero-order chi connectivity index (χ0) is 30.9. The molecule has 0 aliphatic carbocycles. The lowest BCUT2D eigenvalue weighted by Crippen LogP contribution is -2.51. The van der Waals surface area contributed by atoms with Gasteiger partial charge in [-0.25, -0.2) is 4.79 Å². The van der Waals surface area contributed by atoms with Crippen molar-refractivity contribution in [3.8, 4) is 0 Å². The van der Waals surface area contributed by atoms with E-state index in [9.17, 15) is 35.5 Å². The fourth-order valence-corrected chi connectivity index (χ4v) is 7.43. The SMILES string of the molecule is CCCC(C)(CC)C(CC)(CCC)CN1C(=O)NC(c2ccc(S(=O)(=O)O)cc2)(c2ccc(S(=O)(=O)O)cc2)C1=O. The van der Waals surface area contributed by atoms with Crippen LogP contribution in [0.4, 0.5) is 4.79 Å². The summed E-state index contributed by atoms with van der Waals surface area (Å²) in [7, 11) is -9.04. The number of hydrogen-bond donors (Lipinski definition) is 3. The molecule has 10 nitrogen and oxygen atoms in total. The summed E-state index contributed by atoms with van der Waals surface area (Å²) < 4.78 is 65.6. The predicted molar refractivity (Wildman–Crippen MR) is 154 cm³/mol. The van der Waals surface area contributed by atoms with Crippen LogP contribution in [0.1, 0.15) is 84.3 Å². The van der Waals surface area contributed by atoms with Gasteiger partial charge in [-0.05, 0) is 65.5 Å². The van der Waals surface area contributed by atoms with Gasteiger partial charge >= 0.3 is 6.03 Å². The summed E-state index contributed by atoms with van der Waals surface area (Å²) in [6, 6.07) is 9.20. The molecular formula is C29H40N2O8S2. The van der Waals surface area contributed by atoms with Gasteiger partial charge in [0.15, 0.2) is 5.54 Å². The van der Waals surface area contributed by atoms with Crippen LogP contribution >= 0.6 is 0 Å². The molecule has 0 aromatic heterocycles. The van der Waals surface area contributed by atoms with E-state index in [1.807, 2.05) is 0 Å². The number of nitrogens with one attached hydrogen (secondary N) is 1. The number of urea groups is 1. The van der Waals surface area contributed by atoms with Gasteiger partial charge in [-0.3, -0.25) is 18.8 Å². The normalized spacial score (nSPS) is 18.6. The Kier molecular flexibility index (Phi) is 9.44. The Labute approximate surface area is 243 Å². The van der Waals surface area contributed by atoms with Crippen molar-refractivity contribution in [2.24, 2.45) is 10.8 Å². The first-order valence-electron chi connectivity index (χ1n) is 13.9. The highest BCUT2D eigenvalue weighted by molar-refractivity contribution is 7.86. The van der Waals surface area contributed by atoms with E-state index in [1.165, 1.54) is 29.2 Å². The van der Waals surface area contributed by atoms with Gasteiger partial charge in [-0.15, -0.1) is 0 Å². The average molecular weight is 609 g/mol. The quantitative estimate of drug-likeness (QED) is 0.202. The molecule has 0 spiro atoms. The van der Waals surface area contributed by atoms with Gasteiger partial charge in [0, 0.05) is 6.54 Å². The van der Waals surface area contributed by atoms with E-state index in [4.69, 9.17) is 0 Å². The lowest BCUT2D eigenvalue weighted by Gasteiger charge is -2.50. The van der Waals surface area contributed by atoms with E-state index < -0.39 is 47.5 Å². The van der Waals surface area contributed by atoms with Crippen molar-refractivity contribution in [2.45, 2.75) is 88.5 Å². The highest BCUT2D eigenvalue weighted by Crippen LogP contribution is 2.52. The number of rotatable bonds is 13. The Morgan fingerprint density at radius 3 is 1.54 bits per heavy atom. The number of carbonyl (C=O) groups excluding carboxylic acids is 2. The van der Waals surface area contributed by atoms with Crippen molar-refractivity contribution in [2.75, 3.05) is 6.54 Å². The number of nitrogens with zero attached hydrogens (tertiary/aromatic N) is 1. The maximum Gasteiger partial charge on any atom is 0.325 e. The number of imide groups is 1. The van der Waals surface area contributed by atoms with Gasteiger partial charge in [0.2, 0.25) is 0 Å². The van der Waals surface area contributed by atoms with Crippen molar-refractivity contribution >= 4 is 32.2 Å². The van der Waals surface area contributed by atoms with E-state index >= 15 is 0 Å². The van der Waals surface area contributed by atoms with E-state index in [0.29, 0.717) is 0 Å². The molecule has 3 rings (SSSR count). The largest absolute Gasteiger partial charge is 0.325 e. The van der Waals surface area contributed by atoms with E-state index in [1.54, 1.807) is 0 Å². The summed E-state index contributed by atoms with van der Waals surface area (Å²) in [5.41, 5.74) is -1.91. The van der Waals surface area contributed by atoms with Crippen LogP contribution in [0, 0.1) is 10.8 Å². The highest BCUT2D eigenvalue weighted by atomic mass is 32.2. The molecule has 1 aliphatic rings. The Morgan fingerprint density at radius 2 is 1.20 bits per heavy atom. The Balaban J connectivity index is 2.22. The van der Waals surface area contributed by atoms with Crippen LogP contribution < -0.4 is 5.32 Å². The summed E-state index contributed by atoms with van der Waals surface area (Å²) in [5.74, 6) is -0.592. The second-order valence-corrected chi connectivity index (χ2v) is 14.0. The van der Waals surface area contributed by atoms with Gasteiger partial charge in [0.1, 0.15) is 0 Å². The summed E-state index contributed by atoms with van der Waals surface area (Å²) in [6.07, 6.45) is 5.11. The van der Waals surface area contributed by atoms with E-state index in [-0.39, 0.29) is 28.5 Å². The Bertz CT molecular complexity index is 1410. The molecule has 41 heavy (non-hydrogen) atoms. The van der Waals surface area contributed by atoms with Crippen LogP contribution in [0.2, 0.25) is 0 Å². The van der Waals surface area contributed by atoms with Gasteiger partial charge in [-0.2, -0.15) is 16.8 Å². The molecule has 0 radical (unpaired) electrons. The summed E-state index contributed by atoms with van der Waals surface area (Å²) in [4.78, 5) is 28.6. The van der Waals surface area contributed by atoms with Crippen molar-refractivity contribution in [3.05, 3.63) is 59.7 Å². The summed E-state index contributed by atoms with van der Waals surface area (Å²) in [5, 5.41) is 2.82. The molecule has 3 N–H and O–H groups in total. The van der Waals surface area contributed by atoms with Crippen molar-refractivity contribution in [3.63, 3.8) is 0 Å². The zero-order valence-corrected chi connectivity index (χ0v) is 25.8. The van der Waals surface area contributed by atoms with E-state index in [0.717, 1.165) is 62.8 Å². The number of benzene rings is 2. The maximum absolute atomic E-state index is 14.5. The monoisotopic (exact) mass is 608 g/mol. The summed E-state index contributed by atoms with van der Waals surface area (Å²) in [6.45, 7) is 10.8. The van der Waals surface area contributed by atoms with Gasteiger partial charge < -0.3 is 5.32 Å². The first-order chi connectivity index (χ1) is 19.0. The number of carbonyl (C=O) groups is 2. The first kappa shape index (κ1) is 32.7. The van der Waals surface area contributed by atoms with Crippen LogP contribution in [0.3, 0.4) is 0 Å². The van der Waals surface area contributed by atoms with Gasteiger partial charge in [0.25, 0.3) is 26.1 Å². The molecule has 1 aliphatic heterocycles. The van der Waals surface area contributed by atoms with Gasteiger partial charge in [0.05, 0.1) is 9.79 Å². The standard InChI is InChI=1S/C29H40N2O8S2/c1-6-18-27(5,8-3)28(9-4,19-7-2)20-31-25(32)29(30-26(31)33,21-10-14-23(15-11-21)40(34,35)36)22-12-16-24(17-13-22)41(37,38)39/h10-17H,6-9,18-20H2,1-5H3,(H,30,33)(H,34,35,36)(H,37,38,39). The third-order valence-corrected chi connectivity index (χ3v) is 10.7. The third kappa shape index (κ3) is 5.93. The molecule has 0 saturated carbocycles. The second kappa shape index (κ2) is 11.8. The van der Waals surface area contributed by atoms with Crippen LogP contribution in [-0.2, 0) is 30.6 Å². The molecule has 0 bridgehead atoms. The molecule has 2 aromatic rings. The molecule has 2 unspecified atom stereocenters. The molecule has 1 heterocycles. The molecule has 226 valence electrons. The van der Waals surface area contributed by atoms with E-state index in [2.05, 4.69) is 39.9 Å². The zero-order valence-electron chi connectivity index (χ0n) is 24.2.